The van der Waals surface area contributed by atoms with Crippen molar-refractivity contribution in [3.8, 4) is 44.8 Å². The zero-order valence-electron chi connectivity index (χ0n) is 27.2. The Labute approximate surface area is 290 Å². The first-order valence-corrected chi connectivity index (χ1v) is 17.1. The van der Waals surface area contributed by atoms with Crippen LogP contribution in [0.1, 0.15) is 0 Å². The van der Waals surface area contributed by atoms with E-state index in [1.165, 1.54) is 49.2 Å². The van der Waals surface area contributed by atoms with E-state index in [1.54, 1.807) is 0 Å². The fourth-order valence-corrected chi connectivity index (χ4v) is 7.61. The molecule has 232 valence electrons. The highest BCUT2D eigenvalue weighted by Gasteiger charge is 2.18. The van der Waals surface area contributed by atoms with Crippen LogP contribution in [0.25, 0.3) is 98.9 Å². The molecule has 0 fully saturated rings. The molecule has 0 atom stereocenters. The molecule has 10 aromatic rings. The predicted molar refractivity (Wildman–Crippen MR) is 211 cm³/mol. The van der Waals surface area contributed by atoms with E-state index in [2.05, 4.69) is 176 Å². The molecule has 0 saturated carbocycles. The molecule has 0 radical (unpaired) electrons. The Balaban J connectivity index is 1.23. The van der Waals surface area contributed by atoms with Crippen LogP contribution in [0.4, 0.5) is 0 Å². The molecule has 10 rings (SSSR count). The normalized spacial score (nSPS) is 11.6. The average molecular weight is 635 g/mol. The molecule has 2 nitrogen and oxygen atoms in total. The van der Waals surface area contributed by atoms with Crippen LogP contribution in [0.5, 0.6) is 0 Å². The maximum Gasteiger partial charge on any atom is 0.0794 e. The van der Waals surface area contributed by atoms with Gasteiger partial charge in [0, 0.05) is 27.3 Å². The van der Waals surface area contributed by atoms with Crippen molar-refractivity contribution in [2.45, 2.75) is 0 Å². The second kappa shape index (κ2) is 11.5. The minimum absolute atomic E-state index is 0.946. The van der Waals surface area contributed by atoms with Crippen LogP contribution in [0.15, 0.2) is 182 Å². The van der Waals surface area contributed by atoms with E-state index in [-0.39, 0.29) is 0 Å². The highest BCUT2D eigenvalue weighted by molar-refractivity contribution is 6.19. The summed E-state index contributed by atoms with van der Waals surface area (Å²) in [6, 6.07) is 65.1. The molecule has 0 aliphatic carbocycles. The monoisotopic (exact) mass is 634 g/mol. The van der Waals surface area contributed by atoms with Gasteiger partial charge < -0.3 is 0 Å². The molecule has 0 aliphatic rings. The third-order valence-corrected chi connectivity index (χ3v) is 10.1. The largest absolute Gasteiger partial charge is 0.248 e. The first-order chi connectivity index (χ1) is 24.8. The van der Waals surface area contributed by atoms with Crippen molar-refractivity contribution in [3.05, 3.63) is 182 Å². The van der Waals surface area contributed by atoms with Gasteiger partial charge >= 0.3 is 0 Å². The van der Waals surface area contributed by atoms with Crippen molar-refractivity contribution in [2.75, 3.05) is 0 Å². The first kappa shape index (κ1) is 28.4. The second-order valence-electron chi connectivity index (χ2n) is 12.9. The van der Waals surface area contributed by atoms with E-state index >= 15 is 0 Å². The van der Waals surface area contributed by atoms with Gasteiger partial charge in [0.05, 0.1) is 22.4 Å². The van der Waals surface area contributed by atoms with Crippen LogP contribution in [-0.2, 0) is 0 Å². The molecular formula is C48H30N2. The summed E-state index contributed by atoms with van der Waals surface area (Å²) in [7, 11) is 0. The van der Waals surface area contributed by atoms with Crippen LogP contribution < -0.4 is 0 Å². The number of hydrogen-bond acceptors (Lipinski definition) is 2. The zero-order valence-corrected chi connectivity index (χ0v) is 27.2. The highest BCUT2D eigenvalue weighted by Crippen LogP contribution is 2.43. The van der Waals surface area contributed by atoms with Gasteiger partial charge in [-0.3, -0.25) is 0 Å². The van der Waals surface area contributed by atoms with Crippen molar-refractivity contribution in [3.63, 3.8) is 0 Å². The van der Waals surface area contributed by atoms with Crippen molar-refractivity contribution in [1.29, 1.82) is 0 Å². The number of benzene rings is 8. The van der Waals surface area contributed by atoms with E-state index in [1.807, 2.05) is 6.07 Å². The van der Waals surface area contributed by atoms with Crippen LogP contribution in [-0.4, -0.2) is 9.97 Å². The SMILES string of the molecule is c1ccc2nc(-c3ccc(-c4cc(-c5cccc6ccccc56)c5cc(-c6cccc7ccccc67)c6ccccc6c5n4)cc3)ccc2c1. The third-order valence-electron chi connectivity index (χ3n) is 10.1. The van der Waals surface area contributed by atoms with Crippen molar-refractivity contribution >= 4 is 54.1 Å². The van der Waals surface area contributed by atoms with E-state index in [9.17, 15) is 0 Å². The Morgan fingerprint density at radius 1 is 0.280 bits per heavy atom. The van der Waals surface area contributed by atoms with Crippen LogP contribution in [0.2, 0.25) is 0 Å². The van der Waals surface area contributed by atoms with Gasteiger partial charge in [0.15, 0.2) is 0 Å². The molecular weight excluding hydrogens is 605 g/mol. The molecule has 0 unspecified atom stereocenters. The average Bonchev–Trinajstić information content (AvgIpc) is 3.19. The number of rotatable bonds is 4. The fourth-order valence-electron chi connectivity index (χ4n) is 7.61. The van der Waals surface area contributed by atoms with E-state index < -0.39 is 0 Å². The van der Waals surface area contributed by atoms with Crippen LogP contribution in [0.3, 0.4) is 0 Å². The smallest absolute Gasteiger partial charge is 0.0794 e. The van der Waals surface area contributed by atoms with E-state index in [0.29, 0.717) is 0 Å². The highest BCUT2D eigenvalue weighted by atomic mass is 14.7. The number of fused-ring (bicyclic) bond motifs is 6. The topological polar surface area (TPSA) is 25.8 Å². The van der Waals surface area contributed by atoms with Gasteiger partial charge in [0.2, 0.25) is 0 Å². The zero-order chi connectivity index (χ0) is 33.0. The van der Waals surface area contributed by atoms with Gasteiger partial charge in [-0.15, -0.1) is 0 Å². The van der Waals surface area contributed by atoms with E-state index in [4.69, 9.17) is 9.97 Å². The fraction of sp³-hybridized carbons (Fsp3) is 0. The summed E-state index contributed by atoms with van der Waals surface area (Å²) in [4.78, 5) is 10.4. The van der Waals surface area contributed by atoms with Gasteiger partial charge in [-0.1, -0.05) is 158 Å². The molecule has 8 aromatic carbocycles. The summed E-state index contributed by atoms with van der Waals surface area (Å²) in [5, 5.41) is 9.56. The number of nitrogens with zero attached hydrogens (tertiary/aromatic N) is 2. The lowest BCUT2D eigenvalue weighted by molar-refractivity contribution is 1.38. The summed E-state index contributed by atoms with van der Waals surface area (Å²) in [5.74, 6) is 0. The Bertz CT molecular complexity index is 2910. The number of hydrogen-bond donors (Lipinski definition) is 0. The van der Waals surface area contributed by atoms with Crippen molar-refractivity contribution in [1.82, 2.24) is 9.97 Å². The third kappa shape index (κ3) is 4.65. The second-order valence-corrected chi connectivity index (χ2v) is 12.9. The van der Waals surface area contributed by atoms with Gasteiger partial charge in [-0.05, 0) is 73.5 Å². The minimum atomic E-state index is 0.946. The predicted octanol–water partition coefficient (Wildman–Crippen LogP) is 12.9. The molecule has 2 heteroatoms. The van der Waals surface area contributed by atoms with Crippen molar-refractivity contribution < 1.29 is 0 Å². The summed E-state index contributed by atoms with van der Waals surface area (Å²) < 4.78 is 0. The summed E-state index contributed by atoms with van der Waals surface area (Å²) in [5.41, 5.74) is 10.9. The molecule has 2 heterocycles. The Hall–Kier alpha value is -6.64. The Morgan fingerprint density at radius 3 is 1.48 bits per heavy atom. The summed E-state index contributed by atoms with van der Waals surface area (Å²) in [6.45, 7) is 0. The van der Waals surface area contributed by atoms with Gasteiger partial charge in [-0.25, -0.2) is 9.97 Å². The first-order valence-electron chi connectivity index (χ1n) is 17.1. The standard InChI is InChI=1S/C48H30N2/c1-4-16-36-31(11-1)14-9-20-38(36)42-29-44-43(39-21-10-15-32-12-2-5-17-37(32)39)30-47(50-48(44)41-19-7-6-18-40(41)42)35-25-23-34(24-26-35)46-28-27-33-13-3-8-22-45(33)49-46/h1-30H. The van der Waals surface area contributed by atoms with Gasteiger partial charge in [0.1, 0.15) is 0 Å². The summed E-state index contributed by atoms with van der Waals surface area (Å²) >= 11 is 0. The molecule has 0 saturated heterocycles. The lowest BCUT2D eigenvalue weighted by Gasteiger charge is -2.17. The lowest BCUT2D eigenvalue weighted by atomic mass is 9.88. The summed E-state index contributed by atoms with van der Waals surface area (Å²) in [6.07, 6.45) is 0. The Morgan fingerprint density at radius 2 is 0.800 bits per heavy atom. The number of para-hydroxylation sites is 1. The number of pyridine rings is 2. The van der Waals surface area contributed by atoms with Crippen molar-refractivity contribution in [2.24, 2.45) is 0 Å². The molecule has 0 aliphatic heterocycles. The molecule has 0 bridgehead atoms. The molecule has 0 N–H and O–H groups in total. The van der Waals surface area contributed by atoms with Gasteiger partial charge in [0.25, 0.3) is 0 Å². The van der Waals surface area contributed by atoms with Crippen LogP contribution >= 0.6 is 0 Å². The molecule has 2 aromatic heterocycles. The minimum Gasteiger partial charge on any atom is -0.248 e. The quantitative estimate of drug-likeness (QED) is 0.180. The molecule has 50 heavy (non-hydrogen) atoms. The lowest BCUT2D eigenvalue weighted by Crippen LogP contribution is -1.94. The molecule has 0 amide bonds. The number of aromatic nitrogens is 2. The van der Waals surface area contributed by atoms with Crippen LogP contribution in [0, 0.1) is 0 Å². The maximum absolute atomic E-state index is 5.46. The maximum atomic E-state index is 5.46. The molecule has 0 spiro atoms. The Kier molecular flexibility index (Phi) is 6.53. The van der Waals surface area contributed by atoms with E-state index in [0.717, 1.165) is 49.7 Å². The van der Waals surface area contributed by atoms with Gasteiger partial charge in [-0.2, -0.15) is 0 Å².